The molecule has 0 spiro atoms. The Balaban J connectivity index is 0.00000196. The highest BCUT2D eigenvalue weighted by atomic mass is 79.9. The number of ether oxygens (including phenoxy) is 2. The van der Waals surface area contributed by atoms with E-state index >= 15 is 0 Å². The second-order valence-corrected chi connectivity index (χ2v) is 6.36. The number of hydrogen-bond donors (Lipinski definition) is 0. The van der Waals surface area contributed by atoms with E-state index in [2.05, 4.69) is 10.2 Å². The van der Waals surface area contributed by atoms with E-state index in [1.54, 1.807) is 30.7 Å². The molecule has 0 unspecified atom stereocenters. The number of fused-ring (bicyclic) bond motifs is 1. The van der Waals surface area contributed by atoms with E-state index < -0.39 is 0 Å². The highest BCUT2D eigenvalue weighted by Crippen LogP contribution is 2.30. The average molecular weight is 433 g/mol. The molecule has 1 aromatic heterocycles. The van der Waals surface area contributed by atoms with Crippen LogP contribution in [0, 0.1) is 0 Å². The monoisotopic (exact) mass is 432 g/mol. The maximum atomic E-state index is 5.30. The quantitative estimate of drug-likeness (QED) is 0.625. The Bertz CT molecular complexity index is 941. The van der Waals surface area contributed by atoms with Gasteiger partial charge in [0.25, 0.3) is 0 Å². The maximum absolute atomic E-state index is 5.30. The molecule has 0 atom stereocenters. The topological polar surface area (TPSA) is 61.5 Å². The summed E-state index contributed by atoms with van der Waals surface area (Å²) >= 11 is 1.62. The van der Waals surface area contributed by atoms with Crippen LogP contribution in [0.3, 0.4) is 0 Å². The van der Waals surface area contributed by atoms with Crippen LogP contribution in [0.15, 0.2) is 58.8 Å². The van der Waals surface area contributed by atoms with E-state index in [4.69, 9.17) is 14.6 Å². The highest BCUT2D eigenvalue weighted by Gasteiger charge is 2.21. The molecule has 0 N–H and O–H groups in total. The molecule has 3 aromatic rings. The predicted octanol–water partition coefficient (Wildman–Crippen LogP) is 3.90. The van der Waals surface area contributed by atoms with Gasteiger partial charge in [0.05, 0.1) is 19.9 Å². The van der Waals surface area contributed by atoms with Crippen molar-refractivity contribution in [3.63, 3.8) is 0 Å². The minimum absolute atomic E-state index is 0. The molecule has 0 radical (unpaired) electrons. The third-order valence-electron chi connectivity index (χ3n) is 3.92. The lowest BCUT2D eigenvalue weighted by atomic mass is 10.1. The molecule has 0 amide bonds. The molecule has 2 aromatic carbocycles. The summed E-state index contributed by atoms with van der Waals surface area (Å²) < 4.78 is 12.3. The Labute approximate surface area is 166 Å². The summed E-state index contributed by atoms with van der Waals surface area (Å²) in [5.41, 5.74) is 2.95. The molecule has 1 aliphatic rings. The number of halogens is 1. The van der Waals surface area contributed by atoms with Crippen molar-refractivity contribution in [1.29, 1.82) is 0 Å². The summed E-state index contributed by atoms with van der Waals surface area (Å²) in [6.07, 6.45) is 0. The van der Waals surface area contributed by atoms with Crippen molar-refractivity contribution in [3.05, 3.63) is 54.1 Å². The summed E-state index contributed by atoms with van der Waals surface area (Å²) in [5, 5.41) is 14.1. The van der Waals surface area contributed by atoms with Gasteiger partial charge in [-0.25, -0.2) is 0 Å². The molecule has 26 heavy (non-hydrogen) atoms. The van der Waals surface area contributed by atoms with Gasteiger partial charge < -0.3 is 9.47 Å². The molecule has 6 nitrogen and oxygen atoms in total. The van der Waals surface area contributed by atoms with Crippen LogP contribution < -0.4 is 9.47 Å². The van der Waals surface area contributed by atoms with Gasteiger partial charge in [0.15, 0.2) is 5.82 Å². The SMILES string of the molecule is Br.COc1ccc(C2=Nn3c(nnc3-c3cccc(OC)c3)SC2)cc1. The van der Waals surface area contributed by atoms with Gasteiger partial charge in [-0.1, -0.05) is 23.9 Å². The van der Waals surface area contributed by atoms with Gasteiger partial charge in [-0.15, -0.1) is 27.2 Å². The molecule has 8 heteroatoms. The molecule has 0 aliphatic carbocycles. The Morgan fingerprint density at radius 3 is 2.42 bits per heavy atom. The Kier molecular flexibility index (Phi) is 5.63. The van der Waals surface area contributed by atoms with E-state index in [-0.39, 0.29) is 17.0 Å². The highest BCUT2D eigenvalue weighted by molar-refractivity contribution is 8.93. The summed E-state index contributed by atoms with van der Waals surface area (Å²) in [5.74, 6) is 3.06. The third kappa shape index (κ3) is 3.47. The first-order chi connectivity index (χ1) is 12.3. The first kappa shape index (κ1) is 18.5. The van der Waals surface area contributed by atoms with Crippen LogP contribution in [-0.2, 0) is 0 Å². The summed E-state index contributed by atoms with van der Waals surface area (Å²) in [6, 6.07) is 15.6. The number of rotatable bonds is 4. The van der Waals surface area contributed by atoms with Crippen molar-refractivity contribution in [1.82, 2.24) is 14.9 Å². The zero-order valence-electron chi connectivity index (χ0n) is 14.2. The lowest BCUT2D eigenvalue weighted by Crippen LogP contribution is -2.13. The predicted molar refractivity (Wildman–Crippen MR) is 108 cm³/mol. The van der Waals surface area contributed by atoms with E-state index in [0.29, 0.717) is 5.82 Å². The van der Waals surface area contributed by atoms with Gasteiger partial charge in [0.1, 0.15) is 11.5 Å². The molecule has 4 rings (SSSR count). The smallest absolute Gasteiger partial charge is 0.212 e. The molecule has 0 saturated heterocycles. The van der Waals surface area contributed by atoms with Crippen molar-refractivity contribution < 1.29 is 9.47 Å². The van der Waals surface area contributed by atoms with Crippen LogP contribution in [0.5, 0.6) is 11.5 Å². The Hall–Kier alpha value is -2.32. The molecular weight excluding hydrogens is 416 g/mol. The van der Waals surface area contributed by atoms with E-state index in [1.807, 2.05) is 48.5 Å². The third-order valence-corrected chi connectivity index (χ3v) is 4.85. The lowest BCUT2D eigenvalue weighted by molar-refractivity contribution is 0.414. The molecule has 2 heterocycles. The van der Waals surface area contributed by atoms with E-state index in [9.17, 15) is 0 Å². The molecule has 0 bridgehead atoms. The van der Waals surface area contributed by atoms with Crippen molar-refractivity contribution in [2.45, 2.75) is 5.16 Å². The van der Waals surface area contributed by atoms with Crippen LogP contribution in [-0.4, -0.2) is 40.6 Å². The fourth-order valence-electron chi connectivity index (χ4n) is 2.59. The summed E-state index contributed by atoms with van der Waals surface area (Å²) in [4.78, 5) is 0. The van der Waals surface area contributed by atoms with E-state index in [1.165, 1.54) is 0 Å². The first-order valence-corrected chi connectivity index (χ1v) is 8.72. The first-order valence-electron chi connectivity index (χ1n) is 7.73. The fourth-order valence-corrected chi connectivity index (χ4v) is 3.43. The maximum Gasteiger partial charge on any atom is 0.212 e. The average Bonchev–Trinajstić information content (AvgIpc) is 3.11. The van der Waals surface area contributed by atoms with Gasteiger partial charge in [0, 0.05) is 11.3 Å². The van der Waals surface area contributed by atoms with E-state index in [0.717, 1.165) is 39.2 Å². The van der Waals surface area contributed by atoms with Crippen molar-refractivity contribution in [3.8, 4) is 22.9 Å². The summed E-state index contributed by atoms with van der Waals surface area (Å²) in [7, 11) is 3.31. The summed E-state index contributed by atoms with van der Waals surface area (Å²) in [6.45, 7) is 0. The Morgan fingerprint density at radius 1 is 0.923 bits per heavy atom. The molecule has 134 valence electrons. The van der Waals surface area contributed by atoms with Crippen LogP contribution in [0.4, 0.5) is 0 Å². The lowest BCUT2D eigenvalue weighted by Gasteiger charge is -2.14. The number of benzene rings is 2. The van der Waals surface area contributed by atoms with Crippen molar-refractivity contribution >= 4 is 34.5 Å². The zero-order chi connectivity index (χ0) is 17.2. The number of nitrogens with zero attached hydrogens (tertiary/aromatic N) is 4. The molecule has 1 aliphatic heterocycles. The minimum atomic E-state index is 0. The molecule has 0 fully saturated rings. The fraction of sp³-hybridized carbons (Fsp3) is 0.167. The van der Waals surface area contributed by atoms with Crippen LogP contribution in [0.1, 0.15) is 5.56 Å². The van der Waals surface area contributed by atoms with Gasteiger partial charge >= 0.3 is 0 Å². The van der Waals surface area contributed by atoms with Crippen molar-refractivity contribution in [2.24, 2.45) is 5.10 Å². The van der Waals surface area contributed by atoms with Gasteiger partial charge in [-0.2, -0.15) is 9.78 Å². The molecule has 0 saturated carbocycles. The van der Waals surface area contributed by atoms with Crippen LogP contribution in [0.25, 0.3) is 11.4 Å². The number of aromatic nitrogens is 3. The molecular formula is C18H17BrN4O2S. The van der Waals surface area contributed by atoms with Crippen LogP contribution >= 0.6 is 28.7 Å². The van der Waals surface area contributed by atoms with Gasteiger partial charge in [0.2, 0.25) is 5.16 Å². The number of methoxy groups -OCH3 is 2. The van der Waals surface area contributed by atoms with Gasteiger partial charge in [-0.05, 0) is 42.0 Å². The Morgan fingerprint density at radius 2 is 1.69 bits per heavy atom. The van der Waals surface area contributed by atoms with Crippen molar-refractivity contribution in [2.75, 3.05) is 20.0 Å². The largest absolute Gasteiger partial charge is 0.497 e. The minimum Gasteiger partial charge on any atom is -0.497 e. The number of thioether (sulfide) groups is 1. The van der Waals surface area contributed by atoms with Gasteiger partial charge in [-0.3, -0.25) is 0 Å². The second-order valence-electron chi connectivity index (χ2n) is 5.41. The zero-order valence-corrected chi connectivity index (χ0v) is 16.8. The normalized spacial score (nSPS) is 12.6. The second kappa shape index (κ2) is 7.92. The number of hydrogen-bond acceptors (Lipinski definition) is 6. The standard InChI is InChI=1S/C18H16N4O2S.BrH/c1-23-14-8-6-12(7-9-14)16-11-25-18-20-19-17(22(18)21-16)13-4-3-5-15(10-13)24-2;/h3-10H,11H2,1-2H3;1H. The van der Waals surface area contributed by atoms with Crippen LogP contribution in [0.2, 0.25) is 0 Å².